The third kappa shape index (κ3) is 3.60. The molecular weight excluding hydrogens is 280 g/mol. The second kappa shape index (κ2) is 6.56. The first kappa shape index (κ1) is 14.6. The van der Waals surface area contributed by atoms with E-state index in [4.69, 9.17) is 20.8 Å². The first-order valence-corrected chi connectivity index (χ1v) is 6.76. The van der Waals surface area contributed by atoms with Crippen LogP contribution in [0.4, 0.5) is 5.95 Å². The number of ether oxygens (including phenoxy) is 1. The van der Waals surface area contributed by atoms with Gasteiger partial charge in [-0.2, -0.15) is 15.0 Å². The van der Waals surface area contributed by atoms with Crippen molar-refractivity contribution in [2.24, 2.45) is 0 Å². The SMILES string of the molecule is CCCOc1nc(Cl)nc(N(C)Cc2ccoc2C)n1. The van der Waals surface area contributed by atoms with E-state index in [0.717, 1.165) is 17.7 Å². The van der Waals surface area contributed by atoms with Crippen LogP contribution in [0.3, 0.4) is 0 Å². The molecule has 0 unspecified atom stereocenters. The minimum Gasteiger partial charge on any atom is -0.469 e. The lowest BCUT2D eigenvalue weighted by Crippen LogP contribution is -2.20. The second-order valence-electron chi connectivity index (χ2n) is 4.39. The fourth-order valence-corrected chi connectivity index (χ4v) is 1.80. The van der Waals surface area contributed by atoms with Crippen molar-refractivity contribution < 1.29 is 9.15 Å². The normalized spacial score (nSPS) is 10.6. The summed E-state index contributed by atoms with van der Waals surface area (Å²) in [5.41, 5.74) is 1.07. The minimum absolute atomic E-state index is 0.122. The van der Waals surface area contributed by atoms with Gasteiger partial charge in [-0.3, -0.25) is 0 Å². The van der Waals surface area contributed by atoms with Crippen LogP contribution in [0.2, 0.25) is 5.28 Å². The number of nitrogens with zero attached hydrogens (tertiary/aromatic N) is 4. The van der Waals surface area contributed by atoms with Crippen molar-refractivity contribution in [2.75, 3.05) is 18.6 Å². The zero-order valence-corrected chi connectivity index (χ0v) is 12.5. The summed E-state index contributed by atoms with van der Waals surface area (Å²) >= 11 is 5.90. The highest BCUT2D eigenvalue weighted by molar-refractivity contribution is 6.28. The molecule has 0 aliphatic carbocycles. The predicted octanol–water partition coefficient (Wildman–Crippen LogP) is 2.85. The molecule has 0 aliphatic heterocycles. The summed E-state index contributed by atoms with van der Waals surface area (Å²) < 4.78 is 10.7. The number of furan rings is 1. The Labute approximate surface area is 122 Å². The molecule has 0 amide bonds. The van der Waals surface area contributed by atoms with Crippen molar-refractivity contribution in [2.45, 2.75) is 26.8 Å². The molecule has 2 rings (SSSR count). The van der Waals surface area contributed by atoms with Crippen LogP contribution in [0.15, 0.2) is 16.7 Å². The molecule has 0 N–H and O–H groups in total. The number of aromatic nitrogens is 3. The highest BCUT2D eigenvalue weighted by Crippen LogP contribution is 2.18. The Hall–Kier alpha value is -1.82. The summed E-state index contributed by atoms with van der Waals surface area (Å²) in [5, 5.41) is 0.122. The smallest absolute Gasteiger partial charge is 0.322 e. The van der Waals surface area contributed by atoms with Gasteiger partial charge in [0.1, 0.15) is 5.76 Å². The fourth-order valence-electron chi connectivity index (χ4n) is 1.65. The van der Waals surface area contributed by atoms with Gasteiger partial charge in [0.15, 0.2) is 0 Å². The Morgan fingerprint density at radius 1 is 1.35 bits per heavy atom. The van der Waals surface area contributed by atoms with E-state index in [0.29, 0.717) is 19.1 Å². The number of hydrogen-bond acceptors (Lipinski definition) is 6. The fraction of sp³-hybridized carbons (Fsp3) is 0.462. The standard InChI is InChI=1S/C13H17ClN4O2/c1-4-6-20-13-16-11(14)15-12(17-13)18(3)8-10-5-7-19-9(10)2/h5,7H,4,6,8H2,1-3H3. The Morgan fingerprint density at radius 2 is 2.15 bits per heavy atom. The third-order valence-electron chi connectivity index (χ3n) is 2.73. The molecule has 0 saturated heterocycles. The molecule has 6 nitrogen and oxygen atoms in total. The van der Waals surface area contributed by atoms with Gasteiger partial charge in [-0.1, -0.05) is 6.92 Å². The van der Waals surface area contributed by atoms with Gasteiger partial charge in [0.2, 0.25) is 11.2 Å². The van der Waals surface area contributed by atoms with Crippen molar-refractivity contribution in [3.05, 3.63) is 28.9 Å². The van der Waals surface area contributed by atoms with Crippen molar-refractivity contribution >= 4 is 17.5 Å². The summed E-state index contributed by atoms with van der Waals surface area (Å²) in [7, 11) is 1.88. The highest BCUT2D eigenvalue weighted by atomic mass is 35.5. The summed E-state index contributed by atoms with van der Waals surface area (Å²) in [4.78, 5) is 14.2. The van der Waals surface area contributed by atoms with Gasteiger partial charge in [-0.05, 0) is 31.0 Å². The largest absolute Gasteiger partial charge is 0.469 e. The zero-order valence-electron chi connectivity index (χ0n) is 11.8. The van der Waals surface area contributed by atoms with Gasteiger partial charge in [-0.15, -0.1) is 0 Å². The Balaban J connectivity index is 2.14. The van der Waals surface area contributed by atoms with E-state index in [9.17, 15) is 0 Å². The number of rotatable bonds is 6. The maximum absolute atomic E-state index is 5.90. The molecule has 0 bridgehead atoms. The van der Waals surface area contributed by atoms with Crippen molar-refractivity contribution in [3.8, 4) is 6.01 Å². The zero-order chi connectivity index (χ0) is 14.5. The van der Waals surface area contributed by atoms with Crippen molar-refractivity contribution in [1.29, 1.82) is 0 Å². The number of aryl methyl sites for hydroxylation is 1. The molecule has 7 heteroatoms. The third-order valence-corrected chi connectivity index (χ3v) is 2.90. The Morgan fingerprint density at radius 3 is 2.80 bits per heavy atom. The molecule has 2 aromatic rings. The second-order valence-corrected chi connectivity index (χ2v) is 4.73. The molecule has 108 valence electrons. The van der Waals surface area contributed by atoms with Gasteiger partial charge in [0.05, 0.1) is 12.9 Å². The first-order valence-electron chi connectivity index (χ1n) is 6.38. The quantitative estimate of drug-likeness (QED) is 0.817. The predicted molar refractivity (Wildman–Crippen MR) is 76.2 cm³/mol. The summed E-state index contributed by atoms with van der Waals surface area (Å²) in [6, 6.07) is 2.17. The average Bonchev–Trinajstić information content (AvgIpc) is 2.81. The van der Waals surface area contributed by atoms with E-state index < -0.39 is 0 Å². The van der Waals surface area contributed by atoms with Crippen molar-refractivity contribution in [1.82, 2.24) is 15.0 Å². The molecule has 0 fully saturated rings. The molecular formula is C13H17ClN4O2. The lowest BCUT2D eigenvalue weighted by molar-refractivity contribution is 0.291. The highest BCUT2D eigenvalue weighted by Gasteiger charge is 2.12. The van der Waals surface area contributed by atoms with Crippen LogP contribution in [-0.2, 0) is 6.54 Å². The van der Waals surface area contributed by atoms with Crippen LogP contribution < -0.4 is 9.64 Å². The van der Waals surface area contributed by atoms with Gasteiger partial charge < -0.3 is 14.1 Å². The summed E-state index contributed by atoms with van der Waals surface area (Å²) in [6.07, 6.45) is 2.54. The van der Waals surface area contributed by atoms with E-state index in [-0.39, 0.29) is 11.3 Å². The van der Waals surface area contributed by atoms with Gasteiger partial charge in [0.25, 0.3) is 0 Å². The Kier molecular flexibility index (Phi) is 4.79. The maximum atomic E-state index is 5.90. The van der Waals surface area contributed by atoms with Crippen LogP contribution in [0, 0.1) is 6.92 Å². The van der Waals surface area contributed by atoms with E-state index in [2.05, 4.69) is 15.0 Å². The number of anilines is 1. The van der Waals surface area contributed by atoms with Crippen LogP contribution in [0.1, 0.15) is 24.7 Å². The molecule has 0 saturated carbocycles. The monoisotopic (exact) mass is 296 g/mol. The van der Waals surface area contributed by atoms with Crippen LogP contribution in [0.5, 0.6) is 6.01 Å². The molecule has 0 atom stereocenters. The lowest BCUT2D eigenvalue weighted by Gasteiger charge is -2.17. The molecule has 0 aromatic carbocycles. The van der Waals surface area contributed by atoms with E-state index >= 15 is 0 Å². The van der Waals surface area contributed by atoms with Crippen LogP contribution in [0.25, 0.3) is 0 Å². The molecule has 0 radical (unpaired) electrons. The lowest BCUT2D eigenvalue weighted by atomic mass is 10.2. The van der Waals surface area contributed by atoms with E-state index in [1.54, 1.807) is 6.26 Å². The molecule has 0 aliphatic rings. The van der Waals surface area contributed by atoms with Gasteiger partial charge in [-0.25, -0.2) is 0 Å². The summed E-state index contributed by atoms with van der Waals surface area (Å²) in [6.45, 7) is 5.09. The molecule has 20 heavy (non-hydrogen) atoms. The molecule has 2 aromatic heterocycles. The molecule has 2 heterocycles. The number of hydrogen-bond donors (Lipinski definition) is 0. The summed E-state index contributed by atoms with van der Waals surface area (Å²) in [5.74, 6) is 1.34. The van der Waals surface area contributed by atoms with E-state index in [1.165, 1.54) is 0 Å². The Bertz CT molecular complexity index is 573. The first-order chi connectivity index (χ1) is 9.60. The minimum atomic E-state index is 0.122. The van der Waals surface area contributed by atoms with Gasteiger partial charge >= 0.3 is 6.01 Å². The van der Waals surface area contributed by atoms with Gasteiger partial charge in [0, 0.05) is 19.2 Å². The topological polar surface area (TPSA) is 64.3 Å². The maximum Gasteiger partial charge on any atom is 0.322 e. The van der Waals surface area contributed by atoms with Crippen LogP contribution in [-0.4, -0.2) is 28.6 Å². The average molecular weight is 297 g/mol. The van der Waals surface area contributed by atoms with Crippen LogP contribution >= 0.6 is 11.6 Å². The van der Waals surface area contributed by atoms with E-state index in [1.807, 2.05) is 31.9 Å². The molecule has 0 spiro atoms. The number of halogens is 1. The van der Waals surface area contributed by atoms with Crippen molar-refractivity contribution in [3.63, 3.8) is 0 Å².